The van der Waals surface area contributed by atoms with Crippen molar-refractivity contribution < 1.29 is 18.9 Å². The zero-order chi connectivity index (χ0) is 15.9. The van der Waals surface area contributed by atoms with Crippen LogP contribution in [0.25, 0.3) is 0 Å². The van der Waals surface area contributed by atoms with Crippen LogP contribution < -0.4 is 14.2 Å². The van der Waals surface area contributed by atoms with Gasteiger partial charge in [-0.2, -0.15) is 0 Å². The molecule has 0 amide bonds. The molecule has 0 bridgehead atoms. The number of benzene rings is 1. The summed E-state index contributed by atoms with van der Waals surface area (Å²) >= 11 is 0. The van der Waals surface area contributed by atoms with Crippen LogP contribution in [0.3, 0.4) is 0 Å². The normalized spacial score (nSPS) is 18.2. The molecule has 0 saturated heterocycles. The maximum atomic E-state index is 5.96. The first kappa shape index (κ1) is 16.2. The Hall–Kier alpha value is -1.68. The van der Waals surface area contributed by atoms with E-state index < -0.39 is 0 Å². The van der Waals surface area contributed by atoms with E-state index in [1.807, 2.05) is 18.2 Å². The second-order valence-electron chi connectivity index (χ2n) is 6.26. The van der Waals surface area contributed by atoms with E-state index >= 15 is 0 Å². The topological polar surface area (TPSA) is 36.9 Å². The summed E-state index contributed by atoms with van der Waals surface area (Å²) in [6, 6.07) is 5.66. The summed E-state index contributed by atoms with van der Waals surface area (Å²) in [5.41, 5.74) is 1.31. The van der Waals surface area contributed by atoms with E-state index in [0.29, 0.717) is 19.5 Å². The van der Waals surface area contributed by atoms with Crippen molar-refractivity contribution in [1.29, 1.82) is 0 Å². The Morgan fingerprint density at radius 1 is 1.17 bits per heavy atom. The fraction of sp³-hybridized carbons (Fsp3) is 0.579. The van der Waals surface area contributed by atoms with Crippen LogP contribution in [0.1, 0.15) is 45.4 Å². The van der Waals surface area contributed by atoms with Gasteiger partial charge in [-0.1, -0.05) is 24.8 Å². The molecule has 1 saturated carbocycles. The highest BCUT2D eigenvalue weighted by Crippen LogP contribution is 2.35. The Balaban J connectivity index is 1.35. The summed E-state index contributed by atoms with van der Waals surface area (Å²) in [5, 5.41) is 0. The highest BCUT2D eigenvalue weighted by Gasteiger charge is 2.14. The van der Waals surface area contributed by atoms with E-state index in [-0.39, 0.29) is 0 Å². The Labute approximate surface area is 138 Å². The molecule has 1 aliphatic carbocycles. The standard InChI is InChI=1S/C19H26O4/c1-15(9-11-20-16-5-3-2-4-6-16)10-12-21-17-7-8-18-19(13-17)23-14-22-18/h7-8,10,13,16H,2-6,9,11-12,14H2,1H3. The van der Waals surface area contributed by atoms with Gasteiger partial charge in [0, 0.05) is 6.07 Å². The Bertz CT molecular complexity index is 532. The van der Waals surface area contributed by atoms with Gasteiger partial charge < -0.3 is 18.9 Å². The van der Waals surface area contributed by atoms with Crippen LogP contribution in [0.4, 0.5) is 0 Å². The lowest BCUT2D eigenvalue weighted by atomic mass is 9.98. The molecule has 0 atom stereocenters. The lowest BCUT2D eigenvalue weighted by Gasteiger charge is -2.22. The first-order chi connectivity index (χ1) is 11.3. The molecule has 0 unspecified atom stereocenters. The smallest absolute Gasteiger partial charge is 0.231 e. The highest BCUT2D eigenvalue weighted by atomic mass is 16.7. The minimum absolute atomic E-state index is 0.290. The number of hydrogen-bond donors (Lipinski definition) is 0. The third-order valence-electron chi connectivity index (χ3n) is 4.43. The molecular weight excluding hydrogens is 292 g/mol. The third kappa shape index (κ3) is 4.90. The second-order valence-corrected chi connectivity index (χ2v) is 6.26. The highest BCUT2D eigenvalue weighted by molar-refractivity contribution is 5.46. The summed E-state index contributed by atoms with van der Waals surface area (Å²) in [6.07, 6.45) is 10.1. The average Bonchev–Trinajstić information content (AvgIpc) is 3.03. The minimum Gasteiger partial charge on any atom is -0.489 e. The van der Waals surface area contributed by atoms with Crippen LogP contribution in [0.2, 0.25) is 0 Å². The lowest BCUT2D eigenvalue weighted by molar-refractivity contribution is 0.0303. The van der Waals surface area contributed by atoms with E-state index in [2.05, 4.69) is 13.0 Å². The van der Waals surface area contributed by atoms with Crippen molar-refractivity contribution >= 4 is 0 Å². The molecule has 4 heteroatoms. The monoisotopic (exact) mass is 318 g/mol. The Morgan fingerprint density at radius 2 is 2.00 bits per heavy atom. The van der Waals surface area contributed by atoms with Crippen LogP contribution in [-0.2, 0) is 4.74 Å². The van der Waals surface area contributed by atoms with Gasteiger partial charge in [-0.05, 0) is 44.4 Å². The van der Waals surface area contributed by atoms with Crippen LogP contribution in [-0.4, -0.2) is 26.1 Å². The first-order valence-electron chi connectivity index (χ1n) is 8.61. The molecule has 1 heterocycles. The lowest BCUT2D eigenvalue weighted by Crippen LogP contribution is -2.17. The van der Waals surface area contributed by atoms with Crippen LogP contribution in [0.15, 0.2) is 29.8 Å². The number of hydrogen-bond acceptors (Lipinski definition) is 4. The molecule has 2 aliphatic rings. The maximum Gasteiger partial charge on any atom is 0.231 e. The number of rotatable bonds is 7. The Morgan fingerprint density at radius 3 is 2.87 bits per heavy atom. The van der Waals surface area contributed by atoms with Gasteiger partial charge in [-0.25, -0.2) is 0 Å². The van der Waals surface area contributed by atoms with Crippen molar-refractivity contribution in [2.75, 3.05) is 20.0 Å². The van der Waals surface area contributed by atoms with Gasteiger partial charge in [0.1, 0.15) is 12.4 Å². The molecular formula is C19H26O4. The van der Waals surface area contributed by atoms with Crippen molar-refractivity contribution in [3.05, 3.63) is 29.8 Å². The zero-order valence-electron chi connectivity index (χ0n) is 13.9. The van der Waals surface area contributed by atoms with Gasteiger partial charge in [0.15, 0.2) is 11.5 Å². The Kier molecular flexibility index (Phi) is 5.81. The van der Waals surface area contributed by atoms with Crippen molar-refractivity contribution in [3.63, 3.8) is 0 Å². The predicted octanol–water partition coefficient (Wildman–Crippen LogP) is 4.48. The van der Waals surface area contributed by atoms with E-state index in [1.54, 1.807) is 0 Å². The summed E-state index contributed by atoms with van der Waals surface area (Å²) < 4.78 is 22.3. The zero-order valence-corrected chi connectivity index (χ0v) is 13.9. The van der Waals surface area contributed by atoms with E-state index in [4.69, 9.17) is 18.9 Å². The largest absolute Gasteiger partial charge is 0.489 e. The molecule has 1 aromatic carbocycles. The molecule has 0 spiro atoms. The summed E-state index contributed by atoms with van der Waals surface area (Å²) in [4.78, 5) is 0. The molecule has 0 radical (unpaired) electrons. The molecule has 0 aromatic heterocycles. The van der Waals surface area contributed by atoms with Crippen molar-refractivity contribution in [3.8, 4) is 17.2 Å². The quantitative estimate of drug-likeness (QED) is 0.695. The van der Waals surface area contributed by atoms with Crippen LogP contribution >= 0.6 is 0 Å². The molecule has 3 rings (SSSR count). The fourth-order valence-electron chi connectivity index (χ4n) is 2.97. The van der Waals surface area contributed by atoms with Crippen LogP contribution in [0, 0.1) is 0 Å². The molecule has 23 heavy (non-hydrogen) atoms. The molecule has 4 nitrogen and oxygen atoms in total. The summed E-state index contributed by atoms with van der Waals surface area (Å²) in [7, 11) is 0. The molecule has 1 fully saturated rings. The van der Waals surface area contributed by atoms with Crippen molar-refractivity contribution in [2.45, 2.75) is 51.6 Å². The van der Waals surface area contributed by atoms with Gasteiger partial charge in [-0.3, -0.25) is 0 Å². The van der Waals surface area contributed by atoms with Crippen molar-refractivity contribution in [1.82, 2.24) is 0 Å². The van der Waals surface area contributed by atoms with Crippen LogP contribution in [0.5, 0.6) is 17.2 Å². The minimum atomic E-state index is 0.290. The molecule has 126 valence electrons. The van der Waals surface area contributed by atoms with Gasteiger partial charge in [0.25, 0.3) is 0 Å². The number of ether oxygens (including phenoxy) is 4. The average molecular weight is 318 g/mol. The maximum absolute atomic E-state index is 5.96. The van der Waals surface area contributed by atoms with Gasteiger partial charge in [0.2, 0.25) is 6.79 Å². The number of fused-ring (bicyclic) bond motifs is 1. The first-order valence-corrected chi connectivity index (χ1v) is 8.61. The van der Waals surface area contributed by atoms with E-state index in [1.165, 1.54) is 37.7 Å². The molecule has 1 aromatic rings. The summed E-state index contributed by atoms with van der Waals surface area (Å²) in [5.74, 6) is 2.34. The van der Waals surface area contributed by atoms with E-state index in [0.717, 1.165) is 30.3 Å². The fourth-order valence-corrected chi connectivity index (χ4v) is 2.97. The van der Waals surface area contributed by atoms with Gasteiger partial charge >= 0.3 is 0 Å². The van der Waals surface area contributed by atoms with Gasteiger partial charge in [0.05, 0.1) is 12.7 Å². The molecule has 1 aliphatic heterocycles. The van der Waals surface area contributed by atoms with Gasteiger partial charge in [-0.15, -0.1) is 0 Å². The second kappa shape index (κ2) is 8.25. The SMILES string of the molecule is CC(=CCOc1ccc2c(c1)OCO2)CCOC1CCCCC1. The summed E-state index contributed by atoms with van der Waals surface area (Å²) in [6.45, 7) is 3.80. The molecule has 0 N–H and O–H groups in total. The predicted molar refractivity (Wildman–Crippen MR) is 89.3 cm³/mol. The third-order valence-corrected chi connectivity index (χ3v) is 4.43. The van der Waals surface area contributed by atoms with E-state index in [9.17, 15) is 0 Å². The van der Waals surface area contributed by atoms with Crippen molar-refractivity contribution in [2.24, 2.45) is 0 Å².